The molecule has 0 atom stereocenters. The summed E-state index contributed by atoms with van der Waals surface area (Å²) in [6.45, 7) is 3.82. The van der Waals surface area contributed by atoms with Gasteiger partial charge in [0.15, 0.2) is 0 Å². The second-order valence-corrected chi connectivity index (χ2v) is 6.74. The van der Waals surface area contributed by atoms with Gasteiger partial charge >= 0.3 is 5.69 Å². The van der Waals surface area contributed by atoms with Gasteiger partial charge in [0, 0.05) is 25.8 Å². The van der Waals surface area contributed by atoms with Gasteiger partial charge in [-0.2, -0.15) is 0 Å². The molecule has 0 saturated carbocycles. The van der Waals surface area contributed by atoms with E-state index < -0.39 is 16.2 Å². The Morgan fingerprint density at radius 1 is 1.11 bits per heavy atom. The maximum atomic E-state index is 12.9. The molecule has 27 heavy (non-hydrogen) atoms. The van der Waals surface area contributed by atoms with E-state index in [1.165, 1.54) is 38.2 Å². The molecule has 0 bridgehead atoms. The highest BCUT2D eigenvalue weighted by molar-refractivity contribution is 5.80. The van der Waals surface area contributed by atoms with Crippen LogP contribution in [0.5, 0.6) is 0 Å². The number of benzene rings is 1. The van der Waals surface area contributed by atoms with Crippen molar-refractivity contribution in [2.75, 3.05) is 33.4 Å². The van der Waals surface area contributed by atoms with Crippen LogP contribution in [0.3, 0.4) is 0 Å². The fourth-order valence-electron chi connectivity index (χ4n) is 3.58. The lowest BCUT2D eigenvalue weighted by Gasteiger charge is -2.17. The molecule has 0 radical (unpaired) electrons. The summed E-state index contributed by atoms with van der Waals surface area (Å²) in [4.78, 5) is 38.5. The number of fused-ring (bicyclic) bond motifs is 1. The number of hydrogen-bond acceptors (Lipinski definition) is 6. The highest BCUT2D eigenvalue weighted by Crippen LogP contribution is 2.18. The molecule has 1 saturated heterocycles. The largest absolute Gasteiger partial charge is 0.383 e. The number of nitro benzene ring substituents is 1. The van der Waals surface area contributed by atoms with E-state index in [4.69, 9.17) is 4.74 Å². The van der Waals surface area contributed by atoms with Crippen LogP contribution in [0, 0.1) is 10.1 Å². The fraction of sp³-hybridized carbons (Fsp3) is 0.556. The van der Waals surface area contributed by atoms with Crippen molar-refractivity contribution in [1.29, 1.82) is 0 Å². The van der Waals surface area contributed by atoms with Gasteiger partial charge in [-0.05, 0) is 45.0 Å². The molecule has 2 heterocycles. The van der Waals surface area contributed by atoms with E-state index in [1.807, 2.05) is 0 Å². The monoisotopic (exact) mass is 376 g/mol. The van der Waals surface area contributed by atoms with E-state index in [-0.39, 0.29) is 24.2 Å². The molecular weight excluding hydrogens is 352 g/mol. The lowest BCUT2D eigenvalue weighted by atomic mass is 10.2. The van der Waals surface area contributed by atoms with Crippen molar-refractivity contribution in [2.45, 2.75) is 32.4 Å². The third-order valence-electron chi connectivity index (χ3n) is 4.99. The van der Waals surface area contributed by atoms with Gasteiger partial charge in [-0.15, -0.1) is 0 Å². The lowest BCUT2D eigenvalue weighted by Crippen LogP contribution is -2.41. The topological polar surface area (TPSA) is 99.6 Å². The predicted molar refractivity (Wildman–Crippen MR) is 101 cm³/mol. The molecule has 146 valence electrons. The summed E-state index contributed by atoms with van der Waals surface area (Å²) < 4.78 is 7.65. The third-order valence-corrected chi connectivity index (χ3v) is 4.99. The van der Waals surface area contributed by atoms with Gasteiger partial charge in [0.25, 0.3) is 11.2 Å². The highest BCUT2D eigenvalue weighted by atomic mass is 16.6. The van der Waals surface area contributed by atoms with Crippen LogP contribution in [0.15, 0.2) is 27.8 Å². The normalized spacial score (nSPS) is 14.9. The van der Waals surface area contributed by atoms with Crippen molar-refractivity contribution in [3.63, 3.8) is 0 Å². The molecule has 1 aliphatic rings. The number of rotatable bonds is 8. The minimum absolute atomic E-state index is 0.110. The molecule has 1 aliphatic heterocycles. The Bertz CT molecular complexity index is 943. The summed E-state index contributed by atoms with van der Waals surface area (Å²) in [7, 11) is 1.49. The minimum Gasteiger partial charge on any atom is -0.383 e. The van der Waals surface area contributed by atoms with Crippen molar-refractivity contribution in [3.05, 3.63) is 49.2 Å². The maximum absolute atomic E-state index is 12.9. The van der Waals surface area contributed by atoms with Gasteiger partial charge in [-0.3, -0.25) is 24.0 Å². The van der Waals surface area contributed by atoms with E-state index in [1.54, 1.807) is 4.57 Å². The maximum Gasteiger partial charge on any atom is 0.331 e. The van der Waals surface area contributed by atoms with Gasteiger partial charge in [-0.1, -0.05) is 0 Å². The first-order valence-electron chi connectivity index (χ1n) is 9.16. The number of likely N-dealkylation sites (tertiary alicyclic amines) is 1. The molecule has 2 aromatic rings. The summed E-state index contributed by atoms with van der Waals surface area (Å²) >= 11 is 0. The first-order valence-corrected chi connectivity index (χ1v) is 9.16. The van der Waals surface area contributed by atoms with Crippen molar-refractivity contribution < 1.29 is 9.66 Å². The van der Waals surface area contributed by atoms with E-state index in [9.17, 15) is 19.7 Å². The van der Waals surface area contributed by atoms with Crippen molar-refractivity contribution in [2.24, 2.45) is 0 Å². The predicted octanol–water partition coefficient (Wildman–Crippen LogP) is 1.20. The Hall–Kier alpha value is -2.52. The first-order chi connectivity index (χ1) is 13.0. The van der Waals surface area contributed by atoms with Crippen LogP contribution in [-0.2, 0) is 17.8 Å². The molecule has 3 rings (SSSR count). The van der Waals surface area contributed by atoms with Gasteiger partial charge in [0.1, 0.15) is 0 Å². The molecular formula is C18H24N4O5. The molecule has 0 N–H and O–H groups in total. The lowest BCUT2D eigenvalue weighted by molar-refractivity contribution is -0.384. The van der Waals surface area contributed by atoms with E-state index in [2.05, 4.69) is 4.90 Å². The smallest absolute Gasteiger partial charge is 0.331 e. The van der Waals surface area contributed by atoms with Crippen LogP contribution in [0.1, 0.15) is 19.3 Å². The van der Waals surface area contributed by atoms with Gasteiger partial charge in [0.2, 0.25) is 0 Å². The number of non-ortho nitro benzene ring substituents is 1. The average molecular weight is 376 g/mol. The average Bonchev–Trinajstić information content (AvgIpc) is 3.17. The zero-order valence-electron chi connectivity index (χ0n) is 15.4. The fourth-order valence-corrected chi connectivity index (χ4v) is 3.58. The van der Waals surface area contributed by atoms with Gasteiger partial charge in [0.05, 0.1) is 29.0 Å². The van der Waals surface area contributed by atoms with E-state index >= 15 is 0 Å². The SMILES string of the molecule is COCCn1c(=O)c2cc([N+](=O)[O-])ccc2n(CCCN2CCCC2)c1=O. The number of methoxy groups -OCH3 is 1. The van der Waals surface area contributed by atoms with Crippen LogP contribution < -0.4 is 11.2 Å². The Kier molecular flexibility index (Phi) is 6.02. The molecule has 1 fully saturated rings. The van der Waals surface area contributed by atoms with Crippen LogP contribution in [-0.4, -0.2) is 52.3 Å². The summed E-state index contributed by atoms with van der Waals surface area (Å²) in [5.74, 6) is 0. The molecule has 0 unspecified atom stereocenters. The number of hydrogen-bond donors (Lipinski definition) is 0. The first kappa shape index (κ1) is 19.2. The third kappa shape index (κ3) is 4.09. The van der Waals surface area contributed by atoms with Crippen molar-refractivity contribution >= 4 is 16.6 Å². The molecule has 0 amide bonds. The number of nitrogens with zero attached hydrogens (tertiary/aromatic N) is 4. The minimum atomic E-state index is -0.540. The summed E-state index contributed by atoms with van der Waals surface area (Å²) in [5.41, 5.74) is -0.655. The van der Waals surface area contributed by atoms with Crippen molar-refractivity contribution in [3.8, 4) is 0 Å². The van der Waals surface area contributed by atoms with E-state index in [0.717, 1.165) is 30.6 Å². The number of aryl methyl sites for hydroxylation is 1. The summed E-state index contributed by atoms with van der Waals surface area (Å²) in [6.07, 6.45) is 3.18. The Morgan fingerprint density at radius 2 is 1.85 bits per heavy atom. The molecule has 0 aliphatic carbocycles. The van der Waals surface area contributed by atoms with Crippen LogP contribution >= 0.6 is 0 Å². The second kappa shape index (κ2) is 8.45. The van der Waals surface area contributed by atoms with Gasteiger partial charge in [-0.25, -0.2) is 4.79 Å². The Balaban J connectivity index is 2.01. The quantitative estimate of drug-likeness (QED) is 0.507. The van der Waals surface area contributed by atoms with E-state index in [0.29, 0.717) is 12.1 Å². The molecule has 0 spiro atoms. The molecule has 9 nitrogen and oxygen atoms in total. The molecule has 9 heteroatoms. The number of ether oxygens (including phenoxy) is 1. The Labute approximate surface area is 155 Å². The molecule has 1 aromatic heterocycles. The van der Waals surface area contributed by atoms with Gasteiger partial charge < -0.3 is 9.64 Å². The van der Waals surface area contributed by atoms with Crippen LogP contribution in [0.2, 0.25) is 0 Å². The zero-order chi connectivity index (χ0) is 19.4. The van der Waals surface area contributed by atoms with Crippen LogP contribution in [0.25, 0.3) is 10.9 Å². The Morgan fingerprint density at radius 3 is 2.52 bits per heavy atom. The zero-order valence-corrected chi connectivity index (χ0v) is 15.4. The summed E-state index contributed by atoms with van der Waals surface area (Å²) in [5, 5.41) is 11.3. The number of aromatic nitrogens is 2. The molecule has 1 aromatic carbocycles. The summed E-state index contributed by atoms with van der Waals surface area (Å²) in [6, 6.07) is 4.07. The number of nitro groups is 1. The van der Waals surface area contributed by atoms with Crippen LogP contribution in [0.4, 0.5) is 5.69 Å². The second-order valence-electron chi connectivity index (χ2n) is 6.74. The standard InChI is InChI=1S/C18H24N4O5/c1-27-12-11-21-17(23)15-13-14(22(25)26)5-6-16(15)20(18(21)24)10-4-9-19-7-2-3-8-19/h5-6,13H,2-4,7-12H2,1H3. The van der Waals surface area contributed by atoms with Crippen molar-refractivity contribution in [1.82, 2.24) is 14.0 Å². The highest BCUT2D eigenvalue weighted by Gasteiger charge is 2.17.